The Balaban J connectivity index is 0.00000176. The molecule has 0 aromatic heterocycles. The molecule has 0 saturated carbocycles. The third kappa shape index (κ3) is 2.95. The zero-order valence-corrected chi connectivity index (χ0v) is 15.3. The van der Waals surface area contributed by atoms with Crippen LogP contribution < -0.4 is 56.1 Å². The average molecular weight is 342 g/mol. The van der Waals surface area contributed by atoms with Crippen molar-refractivity contribution in [1.82, 2.24) is 0 Å². The first-order valence-electron chi connectivity index (χ1n) is 5.81. The Morgan fingerprint density at radius 2 is 1.55 bits per heavy atom. The number of carbonyl (C=O) groups is 2. The molecule has 8 heteroatoms. The molecule has 6 nitrogen and oxygen atoms in total. The Kier molecular flexibility index (Phi) is 5.02. The molecule has 0 bridgehead atoms. The van der Waals surface area contributed by atoms with Crippen LogP contribution in [0.15, 0.2) is 41.3 Å². The molecule has 0 atom stereocenters. The van der Waals surface area contributed by atoms with Gasteiger partial charge in [-0.05, 0) is 41.5 Å². The standard InChI is InChI=1S/C14H8O6S.K/c15-7-20-8-1-3-10-11-4-2-9(21(17,18)19)6-13(11)14(16)12(10)5-8;/h1-7H,(H,17,18,19);/q;+1/p-1. The fraction of sp³-hybridized carbons (Fsp3) is 0. The summed E-state index contributed by atoms with van der Waals surface area (Å²) in [6.07, 6.45) is 0. The van der Waals surface area contributed by atoms with E-state index in [2.05, 4.69) is 4.74 Å². The van der Waals surface area contributed by atoms with Gasteiger partial charge in [0.2, 0.25) is 0 Å². The van der Waals surface area contributed by atoms with Gasteiger partial charge >= 0.3 is 51.4 Å². The third-order valence-electron chi connectivity index (χ3n) is 3.23. The fourth-order valence-corrected chi connectivity index (χ4v) is 2.82. The van der Waals surface area contributed by atoms with Crippen molar-refractivity contribution in [3.05, 3.63) is 47.5 Å². The second kappa shape index (κ2) is 6.32. The minimum absolute atomic E-state index is 0. The maximum absolute atomic E-state index is 12.3. The molecule has 0 N–H and O–H groups in total. The number of ether oxygens (including phenoxy) is 1. The van der Waals surface area contributed by atoms with Crippen molar-refractivity contribution in [3.8, 4) is 16.9 Å². The molecule has 2 aromatic rings. The van der Waals surface area contributed by atoms with Gasteiger partial charge in [-0.15, -0.1) is 0 Å². The number of rotatable bonds is 3. The Morgan fingerprint density at radius 3 is 2.14 bits per heavy atom. The summed E-state index contributed by atoms with van der Waals surface area (Å²) in [5.74, 6) is -0.205. The number of benzene rings is 2. The number of ketones is 1. The third-order valence-corrected chi connectivity index (χ3v) is 4.07. The number of hydrogen-bond acceptors (Lipinski definition) is 6. The maximum Gasteiger partial charge on any atom is 1.00 e. The molecule has 0 spiro atoms. The summed E-state index contributed by atoms with van der Waals surface area (Å²) in [5, 5.41) is 0. The summed E-state index contributed by atoms with van der Waals surface area (Å²) >= 11 is 0. The first kappa shape index (κ1) is 17.5. The predicted octanol–water partition coefficient (Wildman–Crippen LogP) is -1.66. The van der Waals surface area contributed by atoms with Crippen molar-refractivity contribution in [2.24, 2.45) is 0 Å². The van der Waals surface area contributed by atoms with Crippen LogP contribution in [0.1, 0.15) is 15.9 Å². The number of fused-ring (bicyclic) bond motifs is 3. The SMILES string of the molecule is O=COc1ccc2c(c1)C(=O)c1cc(S(=O)(=O)[O-])ccc1-2.[K+]. The summed E-state index contributed by atoms with van der Waals surface area (Å²) in [7, 11) is -4.63. The Hall–Kier alpha value is -0.874. The van der Waals surface area contributed by atoms with Gasteiger partial charge in [-0.25, -0.2) is 8.42 Å². The molecule has 22 heavy (non-hydrogen) atoms. The molecule has 3 rings (SSSR count). The molecule has 1 aliphatic carbocycles. The van der Waals surface area contributed by atoms with Gasteiger partial charge in [0.15, 0.2) is 5.78 Å². The molecule has 0 saturated heterocycles. The second-order valence-corrected chi connectivity index (χ2v) is 5.79. The molecule has 106 valence electrons. The summed E-state index contributed by atoms with van der Waals surface area (Å²) in [4.78, 5) is 22.2. The topological polar surface area (TPSA) is 101 Å². The van der Waals surface area contributed by atoms with Crippen LogP contribution in [-0.2, 0) is 14.9 Å². The van der Waals surface area contributed by atoms with Crippen LogP contribution in [-0.4, -0.2) is 25.2 Å². The van der Waals surface area contributed by atoms with E-state index in [1.54, 1.807) is 6.07 Å². The zero-order valence-electron chi connectivity index (χ0n) is 11.4. The van der Waals surface area contributed by atoms with E-state index in [0.717, 1.165) is 6.07 Å². The van der Waals surface area contributed by atoms with Gasteiger partial charge in [0.05, 0.1) is 4.90 Å². The van der Waals surface area contributed by atoms with Crippen molar-refractivity contribution in [1.29, 1.82) is 0 Å². The van der Waals surface area contributed by atoms with E-state index in [4.69, 9.17) is 0 Å². The van der Waals surface area contributed by atoms with E-state index < -0.39 is 20.8 Å². The van der Waals surface area contributed by atoms with Gasteiger partial charge in [-0.2, -0.15) is 0 Å². The van der Waals surface area contributed by atoms with E-state index in [0.29, 0.717) is 16.7 Å². The van der Waals surface area contributed by atoms with Gasteiger partial charge in [0, 0.05) is 11.1 Å². The Labute approximate surface area is 168 Å². The smallest absolute Gasteiger partial charge is 0.744 e. The van der Waals surface area contributed by atoms with Gasteiger partial charge in [-0.1, -0.05) is 6.07 Å². The first-order valence-corrected chi connectivity index (χ1v) is 7.22. The molecule has 0 fully saturated rings. The quantitative estimate of drug-likeness (QED) is 0.321. The molecule has 2 aromatic carbocycles. The van der Waals surface area contributed by atoms with Gasteiger partial charge in [-0.3, -0.25) is 9.59 Å². The van der Waals surface area contributed by atoms with Crippen LogP contribution in [0.2, 0.25) is 0 Å². The van der Waals surface area contributed by atoms with Gasteiger partial charge in [0.25, 0.3) is 6.47 Å². The Bertz CT molecular complexity index is 888. The molecule has 0 unspecified atom stereocenters. The van der Waals surface area contributed by atoms with Crippen molar-refractivity contribution >= 4 is 22.4 Å². The van der Waals surface area contributed by atoms with Crippen molar-refractivity contribution < 1.29 is 78.7 Å². The fourth-order valence-electron chi connectivity index (χ4n) is 2.32. The predicted molar refractivity (Wildman–Crippen MR) is 70.0 cm³/mol. The van der Waals surface area contributed by atoms with Crippen molar-refractivity contribution in [2.45, 2.75) is 4.90 Å². The normalized spacial score (nSPS) is 12.1. The Morgan fingerprint density at radius 1 is 0.955 bits per heavy atom. The first-order chi connectivity index (χ1) is 9.91. The van der Waals surface area contributed by atoms with Crippen molar-refractivity contribution in [2.75, 3.05) is 0 Å². The molecular weight excluding hydrogens is 335 g/mol. The van der Waals surface area contributed by atoms with E-state index in [1.165, 1.54) is 24.3 Å². The summed E-state index contributed by atoms with van der Waals surface area (Å²) in [5.41, 5.74) is 1.58. The molecule has 0 amide bonds. The molecule has 0 radical (unpaired) electrons. The van der Waals surface area contributed by atoms with Gasteiger partial charge < -0.3 is 9.29 Å². The second-order valence-electron chi connectivity index (χ2n) is 4.41. The van der Waals surface area contributed by atoms with Crippen LogP contribution in [0, 0.1) is 0 Å². The van der Waals surface area contributed by atoms with Gasteiger partial charge in [0.1, 0.15) is 15.9 Å². The summed E-state index contributed by atoms with van der Waals surface area (Å²) in [6, 6.07) is 8.18. The van der Waals surface area contributed by atoms with Crippen LogP contribution in [0.3, 0.4) is 0 Å². The molecule has 0 heterocycles. The number of carbonyl (C=O) groups excluding carboxylic acids is 2. The molecular formula is C14H7KO6S. The van der Waals surface area contributed by atoms with E-state index >= 15 is 0 Å². The van der Waals surface area contributed by atoms with E-state index in [1.807, 2.05) is 0 Å². The average Bonchev–Trinajstić information content (AvgIpc) is 2.71. The summed E-state index contributed by atoms with van der Waals surface area (Å²) in [6.45, 7) is 0.246. The van der Waals surface area contributed by atoms with Crippen LogP contribution >= 0.6 is 0 Å². The summed E-state index contributed by atoms with van der Waals surface area (Å²) < 4.78 is 37.8. The minimum Gasteiger partial charge on any atom is -0.744 e. The van der Waals surface area contributed by atoms with E-state index in [9.17, 15) is 22.6 Å². The monoisotopic (exact) mass is 342 g/mol. The van der Waals surface area contributed by atoms with Crippen molar-refractivity contribution in [3.63, 3.8) is 0 Å². The zero-order chi connectivity index (χ0) is 15.2. The van der Waals surface area contributed by atoms with Crippen LogP contribution in [0.25, 0.3) is 11.1 Å². The van der Waals surface area contributed by atoms with Crippen LogP contribution in [0.4, 0.5) is 0 Å². The molecule has 1 aliphatic rings. The largest absolute Gasteiger partial charge is 1.00 e. The number of hydrogen-bond donors (Lipinski definition) is 0. The van der Waals surface area contributed by atoms with Crippen LogP contribution in [0.5, 0.6) is 5.75 Å². The van der Waals surface area contributed by atoms with E-state index in [-0.39, 0.29) is 69.2 Å². The maximum atomic E-state index is 12.3. The molecule has 0 aliphatic heterocycles. The minimum atomic E-state index is -4.63.